The monoisotopic (exact) mass is 401 g/mol. The van der Waals surface area contributed by atoms with Crippen molar-refractivity contribution in [3.63, 3.8) is 0 Å². The van der Waals surface area contributed by atoms with Crippen LogP contribution < -0.4 is 20.4 Å². The molecule has 1 amide bonds. The summed E-state index contributed by atoms with van der Waals surface area (Å²) in [4.78, 5) is 24.4. The average Bonchev–Trinajstić information content (AvgIpc) is 3.07. The number of carbonyl (C=O) groups excluding carboxylic acids is 1. The number of hydrogen-bond donors (Lipinski definition) is 1. The van der Waals surface area contributed by atoms with Gasteiger partial charge in [-0.1, -0.05) is 22.0 Å². The first kappa shape index (κ1) is 15.7. The SMILES string of the molecule is O=C(NCc1ccc2c(c1)OCO2)c1cc2cc(Br)ccc2oc1=O. The van der Waals surface area contributed by atoms with Crippen LogP contribution in [0.1, 0.15) is 15.9 Å². The lowest BCUT2D eigenvalue weighted by Gasteiger charge is -2.06. The number of rotatable bonds is 3. The fraction of sp³-hybridized carbons (Fsp3) is 0.111. The number of carbonyl (C=O) groups is 1. The molecule has 4 rings (SSSR count). The molecule has 6 nitrogen and oxygen atoms in total. The van der Waals surface area contributed by atoms with Crippen LogP contribution in [-0.4, -0.2) is 12.7 Å². The van der Waals surface area contributed by atoms with Gasteiger partial charge in [-0.3, -0.25) is 4.79 Å². The van der Waals surface area contributed by atoms with E-state index >= 15 is 0 Å². The second kappa shape index (κ2) is 6.25. The van der Waals surface area contributed by atoms with E-state index in [0.717, 1.165) is 10.0 Å². The maximum atomic E-state index is 12.4. The summed E-state index contributed by atoms with van der Waals surface area (Å²) >= 11 is 3.36. The Balaban J connectivity index is 1.55. The number of amides is 1. The first-order chi connectivity index (χ1) is 12.1. The summed E-state index contributed by atoms with van der Waals surface area (Å²) in [6.45, 7) is 0.449. The van der Waals surface area contributed by atoms with Crippen LogP contribution >= 0.6 is 15.9 Å². The molecule has 0 radical (unpaired) electrons. The number of halogens is 1. The Kier molecular flexibility index (Phi) is 3.93. The van der Waals surface area contributed by atoms with Crippen molar-refractivity contribution in [1.82, 2.24) is 5.32 Å². The van der Waals surface area contributed by atoms with Gasteiger partial charge in [0.15, 0.2) is 11.5 Å². The number of hydrogen-bond acceptors (Lipinski definition) is 5. The molecule has 1 aliphatic heterocycles. The summed E-state index contributed by atoms with van der Waals surface area (Å²) in [5.41, 5.74) is 0.565. The van der Waals surface area contributed by atoms with E-state index in [0.29, 0.717) is 22.5 Å². The van der Waals surface area contributed by atoms with Crippen molar-refractivity contribution in [1.29, 1.82) is 0 Å². The van der Waals surface area contributed by atoms with Gasteiger partial charge >= 0.3 is 5.63 Å². The van der Waals surface area contributed by atoms with E-state index in [4.69, 9.17) is 13.9 Å². The van der Waals surface area contributed by atoms with Gasteiger partial charge in [0.25, 0.3) is 5.91 Å². The zero-order valence-electron chi connectivity index (χ0n) is 12.9. The predicted octanol–water partition coefficient (Wildman–Crippen LogP) is 3.21. The molecule has 0 saturated carbocycles. The largest absolute Gasteiger partial charge is 0.454 e. The van der Waals surface area contributed by atoms with E-state index in [9.17, 15) is 9.59 Å². The summed E-state index contributed by atoms with van der Waals surface area (Å²) in [6.07, 6.45) is 0. The van der Waals surface area contributed by atoms with Gasteiger partial charge in [0.1, 0.15) is 11.1 Å². The lowest BCUT2D eigenvalue weighted by atomic mass is 10.1. The van der Waals surface area contributed by atoms with Gasteiger partial charge < -0.3 is 19.2 Å². The Morgan fingerprint density at radius 3 is 2.80 bits per heavy atom. The number of ether oxygens (including phenoxy) is 2. The quantitative estimate of drug-likeness (QED) is 0.681. The molecule has 1 aliphatic rings. The van der Waals surface area contributed by atoms with Crippen LogP contribution in [0.4, 0.5) is 0 Å². The predicted molar refractivity (Wildman–Crippen MR) is 93.9 cm³/mol. The molecular weight excluding hydrogens is 390 g/mol. The highest BCUT2D eigenvalue weighted by atomic mass is 79.9. The Labute approximate surface area is 150 Å². The first-order valence-corrected chi connectivity index (χ1v) is 8.29. The van der Waals surface area contributed by atoms with Crippen LogP contribution in [0.3, 0.4) is 0 Å². The Morgan fingerprint density at radius 1 is 1.08 bits per heavy atom. The van der Waals surface area contributed by atoms with Crippen molar-refractivity contribution in [3.05, 3.63) is 68.5 Å². The van der Waals surface area contributed by atoms with Crippen LogP contribution in [0.25, 0.3) is 11.0 Å². The van der Waals surface area contributed by atoms with Gasteiger partial charge in [-0.25, -0.2) is 4.79 Å². The van der Waals surface area contributed by atoms with Crippen molar-refractivity contribution in [2.45, 2.75) is 6.54 Å². The van der Waals surface area contributed by atoms with Crippen molar-refractivity contribution in [2.24, 2.45) is 0 Å². The minimum Gasteiger partial charge on any atom is -0.454 e. The number of nitrogens with one attached hydrogen (secondary N) is 1. The van der Waals surface area contributed by atoms with Gasteiger partial charge in [-0.15, -0.1) is 0 Å². The molecule has 0 bridgehead atoms. The van der Waals surface area contributed by atoms with E-state index in [-0.39, 0.29) is 18.9 Å². The molecule has 0 atom stereocenters. The minimum atomic E-state index is -0.669. The van der Waals surface area contributed by atoms with Gasteiger partial charge in [-0.05, 0) is 42.0 Å². The van der Waals surface area contributed by atoms with E-state index in [2.05, 4.69) is 21.2 Å². The molecule has 0 spiro atoms. The molecule has 0 aliphatic carbocycles. The smallest absolute Gasteiger partial charge is 0.349 e. The van der Waals surface area contributed by atoms with Gasteiger partial charge in [0.2, 0.25) is 6.79 Å². The molecule has 2 heterocycles. The highest BCUT2D eigenvalue weighted by molar-refractivity contribution is 9.10. The zero-order chi connectivity index (χ0) is 17.4. The second-order valence-electron chi connectivity index (χ2n) is 5.50. The van der Waals surface area contributed by atoms with Crippen molar-refractivity contribution < 1.29 is 18.7 Å². The van der Waals surface area contributed by atoms with E-state index < -0.39 is 11.5 Å². The highest BCUT2D eigenvalue weighted by Crippen LogP contribution is 2.32. The van der Waals surface area contributed by atoms with Crippen molar-refractivity contribution in [3.8, 4) is 11.5 Å². The van der Waals surface area contributed by atoms with Crippen LogP contribution in [-0.2, 0) is 6.54 Å². The fourth-order valence-electron chi connectivity index (χ4n) is 2.58. The average molecular weight is 402 g/mol. The molecule has 7 heteroatoms. The van der Waals surface area contributed by atoms with Gasteiger partial charge in [-0.2, -0.15) is 0 Å². The summed E-state index contributed by atoms with van der Waals surface area (Å²) < 4.78 is 16.6. The molecule has 3 aromatic rings. The molecule has 1 N–H and O–H groups in total. The molecule has 0 saturated heterocycles. The lowest BCUT2D eigenvalue weighted by molar-refractivity contribution is 0.0947. The standard InChI is InChI=1S/C18H12BrNO5/c19-12-2-4-14-11(6-12)7-13(18(22)25-14)17(21)20-8-10-1-3-15-16(5-10)24-9-23-15/h1-7H,8-9H2,(H,20,21). The third-order valence-electron chi connectivity index (χ3n) is 3.83. The minimum absolute atomic E-state index is 0.0358. The van der Waals surface area contributed by atoms with Crippen molar-refractivity contribution in [2.75, 3.05) is 6.79 Å². The van der Waals surface area contributed by atoms with Gasteiger partial charge in [0, 0.05) is 16.4 Å². The maximum absolute atomic E-state index is 12.4. The lowest BCUT2D eigenvalue weighted by Crippen LogP contribution is -2.27. The molecule has 2 aromatic carbocycles. The van der Waals surface area contributed by atoms with Crippen LogP contribution in [0.5, 0.6) is 11.5 Å². The first-order valence-electron chi connectivity index (χ1n) is 7.50. The van der Waals surface area contributed by atoms with Gasteiger partial charge in [0.05, 0.1) is 0 Å². The summed E-state index contributed by atoms with van der Waals surface area (Å²) in [6, 6.07) is 12.2. The third kappa shape index (κ3) is 3.10. The molecule has 126 valence electrons. The highest BCUT2D eigenvalue weighted by Gasteiger charge is 2.16. The Bertz CT molecular complexity index is 1040. The molecule has 25 heavy (non-hydrogen) atoms. The Morgan fingerprint density at radius 2 is 1.92 bits per heavy atom. The molecule has 0 unspecified atom stereocenters. The normalized spacial score (nSPS) is 12.4. The number of benzene rings is 2. The zero-order valence-corrected chi connectivity index (χ0v) is 14.5. The van der Waals surface area contributed by atoms with Crippen LogP contribution in [0.15, 0.2) is 56.1 Å². The van der Waals surface area contributed by atoms with Crippen molar-refractivity contribution >= 4 is 32.8 Å². The summed E-state index contributed by atoms with van der Waals surface area (Å²) in [7, 11) is 0. The van der Waals surface area contributed by atoms with E-state index in [1.807, 2.05) is 6.07 Å². The third-order valence-corrected chi connectivity index (χ3v) is 4.32. The molecular formula is C18H12BrNO5. The molecule has 1 aromatic heterocycles. The maximum Gasteiger partial charge on any atom is 0.349 e. The van der Waals surface area contributed by atoms with Crippen LogP contribution in [0, 0.1) is 0 Å². The second-order valence-corrected chi connectivity index (χ2v) is 6.42. The fourth-order valence-corrected chi connectivity index (χ4v) is 2.96. The Hall–Kier alpha value is -2.80. The summed E-state index contributed by atoms with van der Waals surface area (Å²) in [5.74, 6) is 0.825. The van der Waals surface area contributed by atoms with Crippen LogP contribution in [0.2, 0.25) is 0 Å². The van der Waals surface area contributed by atoms with E-state index in [1.165, 1.54) is 6.07 Å². The summed E-state index contributed by atoms with van der Waals surface area (Å²) in [5, 5.41) is 3.39. The topological polar surface area (TPSA) is 77.8 Å². The molecule has 0 fully saturated rings. The number of fused-ring (bicyclic) bond motifs is 2. The van der Waals surface area contributed by atoms with E-state index in [1.54, 1.807) is 30.3 Å².